The molecule has 1 aromatic rings. The van der Waals surface area contributed by atoms with Crippen LogP contribution in [-0.2, 0) is 9.59 Å². The zero-order valence-electron chi connectivity index (χ0n) is 15.7. The molecular formula is C20H28FNO5. The van der Waals surface area contributed by atoms with Crippen LogP contribution in [-0.4, -0.2) is 56.4 Å². The molecule has 1 aliphatic heterocycles. The topological polar surface area (TPSA) is 98.1 Å². The number of nitrogens with zero attached hydrogens (tertiary/aromatic N) is 1. The van der Waals surface area contributed by atoms with Crippen LogP contribution >= 0.6 is 0 Å². The Bertz CT molecular complexity index is 648. The summed E-state index contributed by atoms with van der Waals surface area (Å²) in [6.45, 7) is 3.87. The Morgan fingerprint density at radius 2 is 1.85 bits per heavy atom. The van der Waals surface area contributed by atoms with Crippen molar-refractivity contribution in [2.45, 2.75) is 76.2 Å². The molecule has 1 fully saturated rings. The number of aliphatic carboxylic acids is 1. The third kappa shape index (κ3) is 5.74. The van der Waals surface area contributed by atoms with Gasteiger partial charge in [-0.2, -0.15) is 0 Å². The molecule has 0 saturated carbocycles. The first-order valence-electron chi connectivity index (χ1n) is 9.33. The minimum absolute atomic E-state index is 0.00249. The third-order valence-corrected chi connectivity index (χ3v) is 5.11. The summed E-state index contributed by atoms with van der Waals surface area (Å²) >= 11 is 0. The van der Waals surface area contributed by atoms with E-state index in [-0.39, 0.29) is 36.1 Å². The van der Waals surface area contributed by atoms with Gasteiger partial charge in [-0.1, -0.05) is 12.1 Å². The van der Waals surface area contributed by atoms with E-state index in [0.29, 0.717) is 19.3 Å². The highest BCUT2D eigenvalue weighted by molar-refractivity contribution is 5.80. The van der Waals surface area contributed by atoms with Gasteiger partial charge in [-0.05, 0) is 50.8 Å². The predicted molar refractivity (Wildman–Crippen MR) is 97.6 cm³/mol. The van der Waals surface area contributed by atoms with Gasteiger partial charge >= 0.3 is 5.97 Å². The molecule has 150 valence electrons. The summed E-state index contributed by atoms with van der Waals surface area (Å²) in [6, 6.07) is 6.02. The van der Waals surface area contributed by atoms with Crippen LogP contribution in [0.1, 0.15) is 57.4 Å². The molecule has 1 aromatic carbocycles. The number of carbonyl (C=O) groups is 2. The van der Waals surface area contributed by atoms with Crippen molar-refractivity contribution in [2.75, 3.05) is 0 Å². The van der Waals surface area contributed by atoms with Crippen molar-refractivity contribution in [1.29, 1.82) is 0 Å². The van der Waals surface area contributed by atoms with Crippen molar-refractivity contribution < 1.29 is 29.3 Å². The molecule has 0 aliphatic carbocycles. The summed E-state index contributed by atoms with van der Waals surface area (Å²) in [5, 5.41) is 28.5. The van der Waals surface area contributed by atoms with E-state index in [4.69, 9.17) is 5.11 Å². The highest BCUT2D eigenvalue weighted by atomic mass is 19.1. The van der Waals surface area contributed by atoms with Crippen LogP contribution in [0.3, 0.4) is 0 Å². The normalized spacial score (nSPS) is 22.3. The minimum Gasteiger partial charge on any atom is -0.481 e. The zero-order chi connectivity index (χ0) is 20.1. The van der Waals surface area contributed by atoms with Gasteiger partial charge in [0.2, 0.25) is 5.91 Å². The summed E-state index contributed by atoms with van der Waals surface area (Å²) in [7, 11) is 0. The lowest BCUT2D eigenvalue weighted by molar-refractivity contribution is -0.139. The fourth-order valence-corrected chi connectivity index (χ4v) is 3.95. The SMILES string of the molecule is CC(C)N1C(=O)C[C@H](c2ccc(F)cc2)[C@H]1CC[C@H](O)C[C@@H](O)CC(=O)O. The summed E-state index contributed by atoms with van der Waals surface area (Å²) in [6.07, 6.45) is -1.17. The molecule has 2 rings (SSSR count). The molecule has 1 heterocycles. The minimum atomic E-state index is -1.11. The molecule has 3 N–H and O–H groups in total. The van der Waals surface area contributed by atoms with Gasteiger partial charge < -0.3 is 20.2 Å². The van der Waals surface area contributed by atoms with Crippen LogP contribution in [0.15, 0.2) is 24.3 Å². The second kappa shape index (κ2) is 9.28. The number of aliphatic hydroxyl groups excluding tert-OH is 2. The lowest BCUT2D eigenvalue weighted by Crippen LogP contribution is -2.40. The Morgan fingerprint density at radius 1 is 1.22 bits per heavy atom. The van der Waals surface area contributed by atoms with Gasteiger partial charge in [-0.3, -0.25) is 9.59 Å². The van der Waals surface area contributed by atoms with Gasteiger partial charge in [0.05, 0.1) is 18.6 Å². The number of hydrogen-bond acceptors (Lipinski definition) is 4. The summed E-state index contributed by atoms with van der Waals surface area (Å²) in [5.41, 5.74) is 0.887. The van der Waals surface area contributed by atoms with Crippen molar-refractivity contribution in [3.63, 3.8) is 0 Å². The Balaban J connectivity index is 2.07. The molecule has 0 bridgehead atoms. The van der Waals surface area contributed by atoms with E-state index in [1.54, 1.807) is 12.1 Å². The fourth-order valence-electron chi connectivity index (χ4n) is 3.95. The molecule has 0 aromatic heterocycles. The summed E-state index contributed by atoms with van der Waals surface area (Å²) in [4.78, 5) is 24.9. The fraction of sp³-hybridized carbons (Fsp3) is 0.600. The Labute approximate surface area is 158 Å². The average molecular weight is 381 g/mol. The quantitative estimate of drug-likeness (QED) is 0.610. The van der Waals surface area contributed by atoms with Crippen LogP contribution in [0, 0.1) is 5.82 Å². The molecule has 0 unspecified atom stereocenters. The number of rotatable bonds is 9. The maximum atomic E-state index is 13.2. The van der Waals surface area contributed by atoms with Gasteiger partial charge in [0.15, 0.2) is 0 Å². The second-order valence-electron chi connectivity index (χ2n) is 7.54. The average Bonchev–Trinajstić information content (AvgIpc) is 2.89. The van der Waals surface area contributed by atoms with E-state index in [2.05, 4.69) is 0 Å². The second-order valence-corrected chi connectivity index (χ2v) is 7.54. The van der Waals surface area contributed by atoms with E-state index in [9.17, 15) is 24.2 Å². The van der Waals surface area contributed by atoms with Crippen molar-refractivity contribution in [3.8, 4) is 0 Å². The lowest BCUT2D eigenvalue weighted by atomic mass is 9.87. The van der Waals surface area contributed by atoms with Gasteiger partial charge in [0, 0.05) is 24.4 Å². The molecule has 0 spiro atoms. The van der Waals surface area contributed by atoms with Crippen LogP contribution in [0.5, 0.6) is 0 Å². The van der Waals surface area contributed by atoms with Crippen LogP contribution in [0.4, 0.5) is 4.39 Å². The monoisotopic (exact) mass is 381 g/mol. The van der Waals surface area contributed by atoms with Crippen molar-refractivity contribution in [1.82, 2.24) is 4.90 Å². The molecule has 4 atom stereocenters. The Kier molecular flexibility index (Phi) is 7.33. The maximum absolute atomic E-state index is 13.2. The standard InChI is InChI=1S/C20H28FNO5/c1-12(2)22-18(8-7-15(23)9-16(24)10-20(26)27)17(11-19(22)25)13-3-5-14(21)6-4-13/h3-6,12,15-18,23-24H,7-11H2,1-2H3,(H,26,27)/t15-,16+,17+,18+/m0/s1. The molecule has 1 saturated heterocycles. The summed E-state index contributed by atoms with van der Waals surface area (Å²) < 4.78 is 13.2. The number of carboxylic acids is 1. The molecule has 1 aliphatic rings. The molecule has 27 heavy (non-hydrogen) atoms. The van der Waals surface area contributed by atoms with E-state index in [0.717, 1.165) is 5.56 Å². The number of halogens is 1. The molecule has 6 nitrogen and oxygen atoms in total. The first kappa shape index (κ1) is 21.3. The molecule has 7 heteroatoms. The molecular weight excluding hydrogens is 353 g/mol. The van der Waals surface area contributed by atoms with Gasteiger partial charge in [0.1, 0.15) is 5.82 Å². The Morgan fingerprint density at radius 3 is 2.41 bits per heavy atom. The van der Waals surface area contributed by atoms with Gasteiger partial charge in [-0.15, -0.1) is 0 Å². The number of likely N-dealkylation sites (tertiary alicyclic amines) is 1. The van der Waals surface area contributed by atoms with E-state index in [1.807, 2.05) is 18.7 Å². The first-order chi connectivity index (χ1) is 12.7. The van der Waals surface area contributed by atoms with E-state index < -0.39 is 24.6 Å². The zero-order valence-corrected chi connectivity index (χ0v) is 15.7. The maximum Gasteiger partial charge on any atom is 0.305 e. The smallest absolute Gasteiger partial charge is 0.305 e. The highest BCUT2D eigenvalue weighted by Gasteiger charge is 2.41. The third-order valence-electron chi connectivity index (χ3n) is 5.11. The van der Waals surface area contributed by atoms with Crippen LogP contribution in [0.25, 0.3) is 0 Å². The first-order valence-corrected chi connectivity index (χ1v) is 9.33. The number of carboxylic acid groups (broad SMARTS) is 1. The molecule has 1 amide bonds. The number of amides is 1. The number of benzene rings is 1. The van der Waals surface area contributed by atoms with E-state index >= 15 is 0 Å². The number of aliphatic hydroxyl groups is 2. The summed E-state index contributed by atoms with van der Waals surface area (Å²) in [5.74, 6) is -1.50. The lowest BCUT2D eigenvalue weighted by Gasteiger charge is -2.32. The van der Waals surface area contributed by atoms with Crippen molar-refractivity contribution >= 4 is 11.9 Å². The van der Waals surface area contributed by atoms with Crippen LogP contribution < -0.4 is 0 Å². The Hall–Kier alpha value is -1.99. The predicted octanol–water partition coefficient (Wildman–Crippen LogP) is 2.29. The molecule has 0 radical (unpaired) electrons. The number of carbonyl (C=O) groups excluding carboxylic acids is 1. The van der Waals surface area contributed by atoms with Gasteiger partial charge in [-0.25, -0.2) is 4.39 Å². The largest absolute Gasteiger partial charge is 0.481 e. The van der Waals surface area contributed by atoms with Gasteiger partial charge in [0.25, 0.3) is 0 Å². The van der Waals surface area contributed by atoms with Crippen LogP contribution in [0.2, 0.25) is 0 Å². The van der Waals surface area contributed by atoms with Crippen molar-refractivity contribution in [3.05, 3.63) is 35.6 Å². The highest BCUT2D eigenvalue weighted by Crippen LogP contribution is 2.38. The van der Waals surface area contributed by atoms with Crippen molar-refractivity contribution in [2.24, 2.45) is 0 Å². The van der Waals surface area contributed by atoms with E-state index in [1.165, 1.54) is 12.1 Å². The number of hydrogen-bond donors (Lipinski definition) is 3.